The van der Waals surface area contributed by atoms with Crippen LogP contribution in [-0.4, -0.2) is 45.3 Å². The average Bonchev–Trinajstić information content (AvgIpc) is 3.32. The Morgan fingerprint density at radius 2 is 1.00 bits per heavy atom. The van der Waals surface area contributed by atoms with E-state index < -0.39 is 30.0 Å². The zero-order valence-electron chi connectivity index (χ0n) is 37.6. The number of hydrogen-bond donors (Lipinski definition) is 3. The minimum atomic E-state index is -4.80. The van der Waals surface area contributed by atoms with Crippen molar-refractivity contribution in [1.29, 1.82) is 0 Å². The van der Waals surface area contributed by atoms with Gasteiger partial charge in [0.2, 0.25) is 0 Å². The smallest absolute Gasteiger partial charge is 0.296 e. The van der Waals surface area contributed by atoms with E-state index in [1.54, 1.807) is 62.6 Å². The summed E-state index contributed by atoms with van der Waals surface area (Å²) in [6, 6.07) is 37.3. The monoisotopic (exact) mass is 962 g/mol. The first kappa shape index (κ1) is 47.4. The Labute approximate surface area is 396 Å². The van der Waals surface area contributed by atoms with Crippen molar-refractivity contribution in [2.75, 3.05) is 14.2 Å². The van der Waals surface area contributed by atoms with Gasteiger partial charge in [0.05, 0.1) is 42.7 Å². The summed E-state index contributed by atoms with van der Waals surface area (Å²) in [6.07, 6.45) is 0.732. The average molecular weight is 963 g/mol. The molecule has 8 aromatic rings. The lowest BCUT2D eigenvalue weighted by atomic mass is 10.0. The number of aryl methyl sites for hydroxylation is 3. The van der Waals surface area contributed by atoms with Crippen LogP contribution in [0, 0.1) is 20.8 Å². The van der Waals surface area contributed by atoms with E-state index in [1.165, 1.54) is 19.2 Å². The molecule has 17 nitrogen and oxygen atoms in total. The van der Waals surface area contributed by atoms with Crippen LogP contribution in [0.1, 0.15) is 27.8 Å². The molecule has 8 rings (SSSR count). The SMILES string of the molecule is COc1ccc(Cc2ccc3c(O)c(N=Nc4cc(C)c(N=Nc5ccc(N=Nc6ccc(N=Nc7cc8c(S(=O)(=O)O)cccc8cc7S(=O)(=O)O)c(C)c6)c(C)c5)cc4OC)ccc3c2)cc1. The van der Waals surface area contributed by atoms with Crippen LogP contribution in [0.25, 0.3) is 21.5 Å². The van der Waals surface area contributed by atoms with Crippen molar-refractivity contribution in [2.24, 2.45) is 40.9 Å². The molecule has 0 radical (unpaired) electrons. The van der Waals surface area contributed by atoms with Gasteiger partial charge in [-0.15, -0.1) is 15.3 Å². The molecule has 0 aliphatic carbocycles. The number of phenolic OH excluding ortho intramolecular Hbond substituents is 1. The van der Waals surface area contributed by atoms with E-state index in [0.717, 1.165) is 58.0 Å². The summed E-state index contributed by atoms with van der Waals surface area (Å²) in [5, 5.41) is 47.5. The van der Waals surface area contributed by atoms with Crippen molar-refractivity contribution in [2.45, 2.75) is 37.0 Å². The lowest BCUT2D eigenvalue weighted by Gasteiger charge is -2.09. The topological polar surface area (TPSA) is 246 Å². The number of aromatic hydroxyl groups is 1. The maximum absolute atomic E-state index is 12.2. The van der Waals surface area contributed by atoms with Crippen LogP contribution in [0.4, 0.5) is 45.5 Å². The molecule has 0 spiro atoms. The van der Waals surface area contributed by atoms with Gasteiger partial charge in [-0.05, 0) is 145 Å². The molecular weight excluding hydrogens is 921 g/mol. The zero-order valence-corrected chi connectivity index (χ0v) is 39.2. The van der Waals surface area contributed by atoms with Crippen LogP contribution in [-0.2, 0) is 26.7 Å². The van der Waals surface area contributed by atoms with Crippen molar-refractivity contribution in [3.63, 3.8) is 0 Å². The molecule has 0 unspecified atom stereocenters. The van der Waals surface area contributed by atoms with Gasteiger partial charge in [0, 0.05) is 16.8 Å². The van der Waals surface area contributed by atoms with Gasteiger partial charge < -0.3 is 14.6 Å². The van der Waals surface area contributed by atoms with Crippen LogP contribution < -0.4 is 9.47 Å². The molecule has 0 bridgehead atoms. The van der Waals surface area contributed by atoms with Crippen LogP contribution >= 0.6 is 0 Å². The molecule has 0 aliphatic rings. The highest BCUT2D eigenvalue weighted by Crippen LogP contribution is 2.41. The number of rotatable bonds is 14. The Hall–Kier alpha value is -8.10. The van der Waals surface area contributed by atoms with E-state index in [-0.39, 0.29) is 22.2 Å². The Kier molecular flexibility index (Phi) is 13.5. The van der Waals surface area contributed by atoms with E-state index in [1.807, 2.05) is 68.4 Å². The molecule has 0 fully saturated rings. The molecule has 0 aromatic heterocycles. The number of hydrogen-bond acceptors (Lipinski definition) is 15. The number of benzene rings is 8. The lowest BCUT2D eigenvalue weighted by molar-refractivity contribution is 0.414. The number of nitrogens with zero attached hydrogens (tertiary/aromatic N) is 8. The third-order valence-electron chi connectivity index (χ3n) is 11.0. The fourth-order valence-corrected chi connectivity index (χ4v) is 8.72. The highest BCUT2D eigenvalue weighted by molar-refractivity contribution is 7.86. The fraction of sp³-hybridized carbons (Fsp3) is 0.120. The summed E-state index contributed by atoms with van der Waals surface area (Å²) in [4.78, 5) is -1.06. The first-order valence-corrected chi connectivity index (χ1v) is 23.8. The quantitative estimate of drug-likeness (QED) is 0.0691. The third kappa shape index (κ3) is 10.9. The van der Waals surface area contributed by atoms with E-state index in [9.17, 15) is 31.0 Å². The summed E-state index contributed by atoms with van der Waals surface area (Å²) < 4.78 is 79.0. The summed E-state index contributed by atoms with van der Waals surface area (Å²) in [5.41, 5.74) is 7.28. The summed E-state index contributed by atoms with van der Waals surface area (Å²) in [7, 11) is -6.31. The van der Waals surface area contributed by atoms with Crippen molar-refractivity contribution in [3.05, 3.63) is 161 Å². The predicted octanol–water partition coefficient (Wildman–Crippen LogP) is 14.4. The largest absolute Gasteiger partial charge is 0.505 e. The number of methoxy groups -OCH3 is 2. The second kappa shape index (κ2) is 19.6. The molecule has 0 heterocycles. The molecule has 3 N–H and O–H groups in total. The molecule has 0 saturated heterocycles. The van der Waals surface area contributed by atoms with E-state index >= 15 is 0 Å². The van der Waals surface area contributed by atoms with E-state index in [0.29, 0.717) is 56.5 Å². The second-order valence-electron chi connectivity index (χ2n) is 15.8. The summed E-state index contributed by atoms with van der Waals surface area (Å²) >= 11 is 0. The molecule has 0 amide bonds. The van der Waals surface area contributed by atoms with Crippen molar-refractivity contribution < 1.29 is 40.5 Å². The maximum Gasteiger partial charge on any atom is 0.296 e. The highest BCUT2D eigenvalue weighted by Gasteiger charge is 2.21. The second-order valence-corrected chi connectivity index (χ2v) is 18.6. The van der Waals surface area contributed by atoms with Crippen LogP contribution in [0.5, 0.6) is 17.2 Å². The Balaban J connectivity index is 0.938. The third-order valence-corrected chi connectivity index (χ3v) is 12.8. The highest BCUT2D eigenvalue weighted by atomic mass is 32.2. The van der Waals surface area contributed by atoms with Crippen LogP contribution in [0.3, 0.4) is 0 Å². The van der Waals surface area contributed by atoms with Crippen LogP contribution in [0.2, 0.25) is 0 Å². The fourth-order valence-electron chi connectivity index (χ4n) is 7.37. The van der Waals surface area contributed by atoms with Gasteiger partial charge in [-0.1, -0.05) is 48.5 Å². The summed E-state index contributed by atoms with van der Waals surface area (Å²) in [5.74, 6) is 1.23. The predicted molar refractivity (Wildman–Crippen MR) is 262 cm³/mol. The van der Waals surface area contributed by atoms with Crippen molar-refractivity contribution >= 4 is 87.3 Å². The van der Waals surface area contributed by atoms with Crippen LogP contribution in [0.15, 0.2) is 184 Å². The minimum Gasteiger partial charge on any atom is -0.505 e. The Bertz CT molecular complexity index is 3670. The van der Waals surface area contributed by atoms with Gasteiger partial charge in [-0.2, -0.15) is 42.4 Å². The Morgan fingerprint density at radius 1 is 0.449 bits per heavy atom. The lowest BCUT2D eigenvalue weighted by Crippen LogP contribution is -2.01. The maximum atomic E-state index is 12.2. The van der Waals surface area contributed by atoms with Crippen molar-refractivity contribution in [3.8, 4) is 17.2 Å². The number of ether oxygens (including phenoxy) is 2. The summed E-state index contributed by atoms with van der Waals surface area (Å²) in [6.45, 7) is 5.45. The molecular formula is C50H42N8O9S2. The number of phenols is 1. The van der Waals surface area contributed by atoms with Gasteiger partial charge in [0.15, 0.2) is 5.75 Å². The molecule has 8 aromatic carbocycles. The normalized spacial score (nSPS) is 12.4. The zero-order chi connectivity index (χ0) is 49.0. The molecule has 348 valence electrons. The van der Waals surface area contributed by atoms with E-state index in [4.69, 9.17) is 9.47 Å². The van der Waals surface area contributed by atoms with E-state index in [2.05, 4.69) is 40.9 Å². The first-order valence-electron chi connectivity index (χ1n) is 20.9. The van der Waals surface area contributed by atoms with Gasteiger partial charge >= 0.3 is 0 Å². The minimum absolute atomic E-state index is 0.0141. The first-order chi connectivity index (χ1) is 33.0. The molecule has 0 aliphatic heterocycles. The van der Waals surface area contributed by atoms with Crippen molar-refractivity contribution in [1.82, 2.24) is 0 Å². The number of fused-ring (bicyclic) bond motifs is 2. The van der Waals surface area contributed by atoms with Gasteiger partial charge in [-0.25, -0.2) is 0 Å². The Morgan fingerprint density at radius 3 is 1.62 bits per heavy atom. The van der Waals surface area contributed by atoms with Gasteiger partial charge in [0.1, 0.15) is 38.4 Å². The van der Waals surface area contributed by atoms with Gasteiger partial charge in [-0.3, -0.25) is 9.11 Å². The molecule has 69 heavy (non-hydrogen) atoms. The molecule has 0 saturated carbocycles. The molecule has 19 heteroatoms. The standard InChI is InChI=1S/C50H42N8O9S2/c1-29-21-37(13-19-41(29)53-51-36-14-20-42(30(2)22-36)54-58-46-27-40-34(26-49(46)69(63,64)65)7-6-8-48(40)68(60,61)62)52-56-44-28-47(67-5)45(23-31(44)3)57-55-43-18-12-35-25-33(11-17-39(35)50(43)59)24-32-9-15-38(66-4)16-10-32/h6-23,25-28,59H,24H2,1-5H3,(H,60,61,62)(H,63,64,65). The number of azo groups is 4. The van der Waals surface area contributed by atoms with Gasteiger partial charge in [0.25, 0.3) is 20.2 Å². The molecule has 0 atom stereocenters.